The first kappa shape index (κ1) is 13.2. The zero-order valence-electron chi connectivity index (χ0n) is 9.01. The van der Waals surface area contributed by atoms with Gasteiger partial charge in [0.1, 0.15) is 0 Å². The largest absolute Gasteiger partial charge is 0.522 e. The van der Waals surface area contributed by atoms with E-state index in [1.807, 2.05) is 0 Å². The minimum absolute atomic E-state index is 0.0551. The van der Waals surface area contributed by atoms with E-state index in [4.69, 9.17) is 0 Å². The monoisotopic (exact) mass is 240 g/mol. The predicted molar refractivity (Wildman–Crippen MR) is 50.7 cm³/mol. The summed E-state index contributed by atoms with van der Waals surface area (Å²) in [4.78, 5) is 12.7. The lowest BCUT2D eigenvalue weighted by Gasteiger charge is -2.30. The number of likely N-dealkylation sites (N-methyl/N-ethyl adjacent to an activating group) is 1. The van der Waals surface area contributed by atoms with Crippen molar-refractivity contribution in [2.24, 2.45) is 0 Å². The van der Waals surface area contributed by atoms with Gasteiger partial charge in [0.15, 0.2) is 0 Å². The normalized spacial score (nSPS) is 22.6. The number of ether oxygens (including phenoxy) is 1. The van der Waals surface area contributed by atoms with Crippen LogP contribution in [0.2, 0.25) is 0 Å². The van der Waals surface area contributed by atoms with Gasteiger partial charge in [0, 0.05) is 32.6 Å². The summed E-state index contributed by atoms with van der Waals surface area (Å²) in [5.74, 6) is 0.0737. The number of piperidine rings is 1. The number of amides is 1. The Balaban J connectivity index is 2.12. The molecule has 0 saturated carbocycles. The van der Waals surface area contributed by atoms with Gasteiger partial charge in [-0.2, -0.15) is 0 Å². The highest BCUT2D eigenvalue weighted by Gasteiger charge is 2.29. The highest BCUT2D eigenvalue weighted by Crippen LogP contribution is 2.15. The maximum Gasteiger partial charge on any atom is 0.522 e. The SMILES string of the molecule is CN1CC(NCCOC(F)(F)F)CCC1=O. The van der Waals surface area contributed by atoms with E-state index in [9.17, 15) is 18.0 Å². The van der Waals surface area contributed by atoms with Gasteiger partial charge in [-0.3, -0.25) is 9.53 Å². The second-order valence-corrected chi connectivity index (χ2v) is 3.76. The first-order chi connectivity index (χ1) is 7.38. The van der Waals surface area contributed by atoms with Gasteiger partial charge >= 0.3 is 6.36 Å². The molecule has 0 bridgehead atoms. The Labute approximate surface area is 91.7 Å². The van der Waals surface area contributed by atoms with E-state index in [0.717, 1.165) is 0 Å². The van der Waals surface area contributed by atoms with Gasteiger partial charge in [-0.25, -0.2) is 0 Å². The molecule has 94 valence electrons. The van der Waals surface area contributed by atoms with Crippen LogP contribution in [-0.4, -0.2) is 50.0 Å². The quantitative estimate of drug-likeness (QED) is 0.737. The Morgan fingerprint density at radius 2 is 2.25 bits per heavy atom. The Kier molecular flexibility index (Phi) is 4.55. The molecule has 1 heterocycles. The number of hydrogen-bond acceptors (Lipinski definition) is 3. The highest BCUT2D eigenvalue weighted by molar-refractivity contribution is 5.76. The zero-order chi connectivity index (χ0) is 12.2. The van der Waals surface area contributed by atoms with Gasteiger partial charge in [0.2, 0.25) is 5.91 Å². The molecule has 0 spiro atoms. The minimum Gasteiger partial charge on any atom is -0.344 e. The van der Waals surface area contributed by atoms with Crippen LogP contribution in [-0.2, 0) is 9.53 Å². The van der Waals surface area contributed by atoms with Crippen LogP contribution in [0, 0.1) is 0 Å². The van der Waals surface area contributed by atoms with Crippen molar-refractivity contribution in [2.45, 2.75) is 25.2 Å². The van der Waals surface area contributed by atoms with Crippen molar-refractivity contribution in [2.75, 3.05) is 26.7 Å². The summed E-state index contributed by atoms with van der Waals surface area (Å²) in [5, 5.41) is 2.93. The molecule has 1 aliphatic heterocycles. The molecular weight excluding hydrogens is 225 g/mol. The van der Waals surface area contributed by atoms with Crippen molar-refractivity contribution in [1.29, 1.82) is 0 Å². The van der Waals surface area contributed by atoms with Crippen LogP contribution in [0.1, 0.15) is 12.8 Å². The first-order valence-corrected chi connectivity index (χ1v) is 5.06. The molecule has 0 aromatic carbocycles. The van der Waals surface area contributed by atoms with Crippen molar-refractivity contribution in [1.82, 2.24) is 10.2 Å². The molecule has 1 amide bonds. The maximum atomic E-state index is 11.6. The number of nitrogens with one attached hydrogen (secondary N) is 1. The van der Waals surface area contributed by atoms with Crippen molar-refractivity contribution in [3.63, 3.8) is 0 Å². The smallest absolute Gasteiger partial charge is 0.344 e. The molecule has 1 saturated heterocycles. The molecule has 16 heavy (non-hydrogen) atoms. The van der Waals surface area contributed by atoms with E-state index in [1.165, 1.54) is 0 Å². The molecule has 1 aliphatic rings. The number of nitrogens with zero attached hydrogens (tertiary/aromatic N) is 1. The standard InChI is InChI=1S/C9H15F3N2O2/c1-14-6-7(2-3-8(14)15)13-4-5-16-9(10,11)12/h7,13H,2-6H2,1H3. The van der Waals surface area contributed by atoms with Crippen LogP contribution in [0.25, 0.3) is 0 Å². The van der Waals surface area contributed by atoms with Gasteiger partial charge in [0.05, 0.1) is 6.61 Å². The summed E-state index contributed by atoms with van der Waals surface area (Å²) in [6, 6.07) is 0.0551. The summed E-state index contributed by atoms with van der Waals surface area (Å²) in [6.45, 7) is 0.259. The third-order valence-corrected chi connectivity index (χ3v) is 2.43. The lowest BCUT2D eigenvalue weighted by atomic mass is 10.1. The first-order valence-electron chi connectivity index (χ1n) is 5.06. The Bertz CT molecular complexity index is 245. The third kappa shape index (κ3) is 4.80. The molecule has 7 heteroatoms. The van der Waals surface area contributed by atoms with Crippen LogP contribution in [0.5, 0.6) is 0 Å². The van der Waals surface area contributed by atoms with E-state index < -0.39 is 13.0 Å². The fourth-order valence-electron chi connectivity index (χ4n) is 1.61. The number of carbonyl (C=O) groups excluding carboxylic acids is 1. The second-order valence-electron chi connectivity index (χ2n) is 3.76. The molecule has 1 unspecified atom stereocenters. The van der Waals surface area contributed by atoms with Gasteiger partial charge < -0.3 is 10.2 Å². The fourth-order valence-corrected chi connectivity index (χ4v) is 1.61. The van der Waals surface area contributed by atoms with Crippen LogP contribution >= 0.6 is 0 Å². The summed E-state index contributed by atoms with van der Waals surface area (Å²) in [7, 11) is 1.68. The number of carbonyl (C=O) groups is 1. The predicted octanol–water partition coefficient (Wildman–Crippen LogP) is 0.733. The molecule has 1 rings (SSSR count). The van der Waals surface area contributed by atoms with Gasteiger partial charge in [0.25, 0.3) is 0 Å². The van der Waals surface area contributed by atoms with Crippen molar-refractivity contribution in [3.8, 4) is 0 Å². The zero-order valence-corrected chi connectivity index (χ0v) is 9.01. The van der Waals surface area contributed by atoms with E-state index in [2.05, 4.69) is 10.1 Å². The number of alkyl halides is 3. The summed E-state index contributed by atoms with van der Waals surface area (Å²) in [6.07, 6.45) is -3.47. The average molecular weight is 240 g/mol. The summed E-state index contributed by atoms with van der Waals surface area (Å²) in [5.41, 5.74) is 0. The molecule has 1 fully saturated rings. The Morgan fingerprint density at radius 3 is 2.81 bits per heavy atom. The van der Waals surface area contributed by atoms with Crippen LogP contribution in [0.15, 0.2) is 0 Å². The van der Waals surface area contributed by atoms with Crippen molar-refractivity contribution < 1.29 is 22.7 Å². The molecule has 4 nitrogen and oxygen atoms in total. The lowest BCUT2D eigenvalue weighted by molar-refractivity contribution is -0.323. The Hall–Kier alpha value is -0.820. The highest BCUT2D eigenvalue weighted by atomic mass is 19.4. The van der Waals surface area contributed by atoms with E-state index in [-0.39, 0.29) is 18.5 Å². The number of hydrogen-bond donors (Lipinski definition) is 1. The number of likely N-dealkylation sites (tertiary alicyclic amines) is 1. The molecule has 1 N–H and O–H groups in total. The van der Waals surface area contributed by atoms with E-state index in [1.54, 1.807) is 11.9 Å². The average Bonchev–Trinajstić information content (AvgIpc) is 2.17. The van der Waals surface area contributed by atoms with Crippen molar-refractivity contribution >= 4 is 5.91 Å². The molecular formula is C9H15F3N2O2. The summed E-state index contributed by atoms with van der Waals surface area (Å²) >= 11 is 0. The van der Waals surface area contributed by atoms with Gasteiger partial charge in [-0.1, -0.05) is 0 Å². The molecule has 0 aromatic heterocycles. The topological polar surface area (TPSA) is 41.6 Å². The van der Waals surface area contributed by atoms with Gasteiger partial charge in [-0.05, 0) is 6.42 Å². The van der Waals surface area contributed by atoms with Crippen molar-refractivity contribution in [3.05, 3.63) is 0 Å². The number of halogens is 3. The fraction of sp³-hybridized carbons (Fsp3) is 0.889. The molecule has 0 radical (unpaired) electrons. The molecule has 1 atom stereocenters. The van der Waals surface area contributed by atoms with Crippen LogP contribution in [0.4, 0.5) is 13.2 Å². The summed E-state index contributed by atoms with van der Waals surface area (Å²) < 4.78 is 38.5. The Morgan fingerprint density at radius 1 is 1.56 bits per heavy atom. The lowest BCUT2D eigenvalue weighted by Crippen LogP contribution is -2.47. The third-order valence-electron chi connectivity index (χ3n) is 2.43. The van der Waals surface area contributed by atoms with E-state index >= 15 is 0 Å². The minimum atomic E-state index is -4.57. The van der Waals surface area contributed by atoms with Crippen LogP contribution in [0.3, 0.4) is 0 Å². The second kappa shape index (κ2) is 5.49. The molecule has 0 aliphatic carbocycles. The van der Waals surface area contributed by atoms with Crippen LogP contribution < -0.4 is 5.32 Å². The molecule has 0 aromatic rings. The maximum absolute atomic E-state index is 11.6. The number of rotatable bonds is 4. The van der Waals surface area contributed by atoms with Gasteiger partial charge in [-0.15, -0.1) is 13.2 Å². The van der Waals surface area contributed by atoms with E-state index in [0.29, 0.717) is 19.4 Å².